The fraction of sp³-hybridized carbons (Fsp3) is 0.200. The Kier molecular flexibility index (Phi) is 14.8. The van der Waals surface area contributed by atoms with Gasteiger partial charge in [0.15, 0.2) is 16.0 Å². The van der Waals surface area contributed by atoms with Crippen molar-refractivity contribution in [2.24, 2.45) is 0 Å². The van der Waals surface area contributed by atoms with E-state index in [1.54, 1.807) is 73.2 Å². The molecule has 12 rings (SSSR count). The smallest absolute Gasteiger partial charge is 0.269 e. The van der Waals surface area contributed by atoms with Crippen molar-refractivity contribution in [2.75, 3.05) is 38.9 Å². The molecule has 18 nitrogen and oxygen atoms in total. The van der Waals surface area contributed by atoms with Gasteiger partial charge in [0, 0.05) is 106 Å². The molecule has 0 spiro atoms. The molecule has 372 valence electrons. The lowest BCUT2D eigenvalue weighted by Gasteiger charge is -2.08. The molecule has 0 bridgehead atoms. The second kappa shape index (κ2) is 21.7. The van der Waals surface area contributed by atoms with Crippen LogP contribution in [0.2, 0.25) is 0 Å². The third-order valence-electron chi connectivity index (χ3n) is 12.0. The Hall–Kier alpha value is -6.79. The average molecular weight is 1070 g/mol. The number of ether oxygens (including phenoxy) is 2. The van der Waals surface area contributed by atoms with Gasteiger partial charge in [0.2, 0.25) is 0 Å². The van der Waals surface area contributed by atoms with Gasteiger partial charge in [-0.05, 0) is 86.0 Å². The summed E-state index contributed by atoms with van der Waals surface area (Å²) in [6.07, 6.45) is 20.3. The molecule has 0 saturated carbocycles. The number of nitrogens with one attached hydrogen (secondary N) is 1. The minimum atomic E-state index is -3.76. The van der Waals surface area contributed by atoms with Crippen molar-refractivity contribution in [1.82, 2.24) is 58.4 Å². The summed E-state index contributed by atoms with van der Waals surface area (Å²) in [6, 6.07) is 28.2. The van der Waals surface area contributed by atoms with Crippen molar-refractivity contribution < 1.29 is 26.3 Å². The van der Waals surface area contributed by atoms with Crippen LogP contribution in [0, 0.1) is 0 Å². The highest BCUT2D eigenvalue weighted by atomic mass is 35.7. The predicted molar refractivity (Wildman–Crippen MR) is 281 cm³/mol. The zero-order chi connectivity index (χ0) is 50.5. The Morgan fingerprint density at radius 3 is 1.68 bits per heavy atom. The monoisotopic (exact) mass is 1070 g/mol. The molecule has 0 amide bonds. The third kappa shape index (κ3) is 11.0. The molecule has 2 unspecified atom stereocenters. The number of benzene rings is 2. The molecule has 2 aliphatic heterocycles. The highest BCUT2D eigenvalue weighted by molar-refractivity contribution is 8.13. The number of hydrogen-bond acceptors (Lipinski definition) is 16. The normalized spacial score (nSPS) is 15.8. The number of thioether (sulfide) groups is 2. The lowest BCUT2D eigenvalue weighted by molar-refractivity contribution is 0.184. The molecule has 2 atom stereocenters. The van der Waals surface area contributed by atoms with Crippen LogP contribution in [-0.4, -0.2) is 114 Å². The standard InChI is InChI=1S/C25H22N6O3S2.C19H18N6OS.C6H5ClO2S/c1-35-25-26-10-7-22(28-25)21-15-30(19-9-12-34-16-19)29-23(21)18-13-17-8-11-31(24(17)27-14-18)36(32,33)20-5-3-2-4-6-20;1-27-19-21-6-3-16(23-19)15-10-25(14-4-7-26-11-14)24-17(15)13-8-12-2-5-20-18(12)22-9-13;7-10(8,9)6-4-2-1-3-5-6/h2-8,10-11,13-15,19H,9,12,16H2,1H3;2-3,5-6,8-10,14H,4,7,11H2,1H3,(H,20,22);1-5H. The van der Waals surface area contributed by atoms with E-state index in [-0.39, 0.29) is 21.9 Å². The van der Waals surface area contributed by atoms with E-state index in [2.05, 4.69) is 47.2 Å². The van der Waals surface area contributed by atoms with E-state index in [1.165, 1.54) is 45.8 Å². The maximum atomic E-state index is 13.2. The van der Waals surface area contributed by atoms with Gasteiger partial charge < -0.3 is 14.5 Å². The molecular formula is C50H45ClN12O6S4. The second-order valence-electron chi connectivity index (χ2n) is 16.6. The largest absolute Gasteiger partial charge is 0.379 e. The molecular weight excluding hydrogens is 1030 g/mol. The van der Waals surface area contributed by atoms with Crippen LogP contribution in [0.1, 0.15) is 24.9 Å². The van der Waals surface area contributed by atoms with Crippen LogP contribution in [0.15, 0.2) is 167 Å². The Balaban J connectivity index is 0.000000145. The molecule has 10 heterocycles. The number of halogens is 1. The SMILES string of the molecule is CSc1nccc(-c2cn(C3CCOC3)nc2-c2cnc3[nH]ccc3c2)n1.CSc1nccc(-c2cn(C3CCOC3)nc2-c2cnc3c(ccn3S(=O)(=O)c3ccccc3)c2)n1.O=S(=O)(Cl)c1ccccc1. The summed E-state index contributed by atoms with van der Waals surface area (Å²) >= 11 is 3.00. The van der Waals surface area contributed by atoms with Crippen LogP contribution in [0.3, 0.4) is 0 Å². The quantitative estimate of drug-likeness (QED) is 0.0724. The van der Waals surface area contributed by atoms with E-state index >= 15 is 0 Å². The Bertz CT molecular complexity index is 3770. The van der Waals surface area contributed by atoms with E-state index in [1.807, 2.05) is 64.7 Å². The van der Waals surface area contributed by atoms with E-state index in [0.29, 0.717) is 36.0 Å². The lowest BCUT2D eigenvalue weighted by Crippen LogP contribution is -2.12. The number of aromatic amines is 1. The average Bonchev–Trinajstić information content (AvgIpc) is 4.29. The summed E-state index contributed by atoms with van der Waals surface area (Å²) in [4.78, 5) is 30.5. The summed E-state index contributed by atoms with van der Waals surface area (Å²) < 4.78 is 63.9. The van der Waals surface area contributed by atoms with E-state index in [9.17, 15) is 16.8 Å². The van der Waals surface area contributed by atoms with Crippen molar-refractivity contribution in [2.45, 2.75) is 45.0 Å². The van der Waals surface area contributed by atoms with Gasteiger partial charge in [0.1, 0.15) is 17.0 Å². The summed E-state index contributed by atoms with van der Waals surface area (Å²) in [5.41, 5.74) is 8.04. The van der Waals surface area contributed by atoms with Gasteiger partial charge in [-0.25, -0.2) is 50.7 Å². The minimum Gasteiger partial charge on any atom is -0.379 e. The van der Waals surface area contributed by atoms with Gasteiger partial charge in [-0.1, -0.05) is 59.9 Å². The maximum absolute atomic E-state index is 13.2. The Labute approximate surface area is 433 Å². The van der Waals surface area contributed by atoms with Gasteiger partial charge in [0.05, 0.1) is 46.5 Å². The Morgan fingerprint density at radius 1 is 0.644 bits per heavy atom. The molecule has 73 heavy (non-hydrogen) atoms. The van der Waals surface area contributed by atoms with Gasteiger partial charge in [-0.2, -0.15) is 10.2 Å². The minimum absolute atomic E-state index is 0.136. The summed E-state index contributed by atoms with van der Waals surface area (Å²) in [6.45, 7) is 2.78. The zero-order valence-electron chi connectivity index (χ0n) is 39.1. The highest BCUT2D eigenvalue weighted by Gasteiger charge is 2.26. The molecule has 2 aromatic carbocycles. The van der Waals surface area contributed by atoms with Crippen molar-refractivity contribution in [1.29, 1.82) is 0 Å². The fourth-order valence-electron chi connectivity index (χ4n) is 8.28. The Morgan fingerprint density at radius 2 is 1.18 bits per heavy atom. The summed E-state index contributed by atoms with van der Waals surface area (Å²) in [7, 11) is -2.26. The first-order valence-corrected chi connectivity index (χ1v) is 29.0. The molecule has 0 aliphatic carbocycles. The number of H-pyrrole nitrogens is 1. The van der Waals surface area contributed by atoms with Crippen LogP contribution < -0.4 is 0 Å². The molecule has 8 aromatic heterocycles. The topological polar surface area (TPSA) is 220 Å². The fourth-order valence-corrected chi connectivity index (χ4v) is 11.1. The molecule has 0 radical (unpaired) electrons. The number of nitrogens with zero attached hydrogens (tertiary/aromatic N) is 11. The number of fused-ring (bicyclic) bond motifs is 2. The second-order valence-corrected chi connectivity index (χ2v) is 22.5. The summed E-state index contributed by atoms with van der Waals surface area (Å²) in [5, 5.41) is 13.0. The number of pyridine rings is 2. The summed E-state index contributed by atoms with van der Waals surface area (Å²) in [5.74, 6) is 0. The first-order valence-electron chi connectivity index (χ1n) is 22.8. The zero-order valence-corrected chi connectivity index (χ0v) is 43.2. The van der Waals surface area contributed by atoms with Gasteiger partial charge in [0.25, 0.3) is 19.1 Å². The van der Waals surface area contributed by atoms with Crippen molar-refractivity contribution in [3.05, 3.63) is 147 Å². The molecule has 2 fully saturated rings. The van der Waals surface area contributed by atoms with E-state index < -0.39 is 19.1 Å². The van der Waals surface area contributed by atoms with E-state index in [0.717, 1.165) is 80.7 Å². The first-order chi connectivity index (χ1) is 35.5. The van der Waals surface area contributed by atoms with Crippen molar-refractivity contribution in [3.8, 4) is 45.0 Å². The number of aromatic nitrogens is 12. The molecule has 10 aromatic rings. The highest BCUT2D eigenvalue weighted by Crippen LogP contribution is 2.36. The van der Waals surface area contributed by atoms with Crippen molar-refractivity contribution >= 4 is 75.3 Å². The van der Waals surface area contributed by atoms with Gasteiger partial charge in [-0.15, -0.1) is 0 Å². The first kappa shape index (κ1) is 49.8. The lowest BCUT2D eigenvalue weighted by atomic mass is 10.1. The van der Waals surface area contributed by atoms with Crippen LogP contribution in [-0.2, 0) is 28.5 Å². The third-order valence-corrected chi connectivity index (χ3v) is 16.1. The van der Waals surface area contributed by atoms with Crippen LogP contribution in [0.5, 0.6) is 0 Å². The van der Waals surface area contributed by atoms with Crippen LogP contribution >= 0.6 is 34.2 Å². The number of rotatable bonds is 11. The molecule has 2 aliphatic rings. The molecule has 23 heteroatoms. The van der Waals surface area contributed by atoms with Gasteiger partial charge >= 0.3 is 0 Å². The van der Waals surface area contributed by atoms with Gasteiger partial charge in [-0.3, -0.25) is 9.36 Å². The predicted octanol–water partition coefficient (Wildman–Crippen LogP) is 9.46. The van der Waals surface area contributed by atoms with E-state index in [4.69, 9.17) is 30.4 Å². The maximum Gasteiger partial charge on any atom is 0.269 e. The molecule has 2 saturated heterocycles. The van der Waals surface area contributed by atoms with Crippen molar-refractivity contribution in [3.63, 3.8) is 0 Å². The molecule has 1 N–H and O–H groups in total. The number of hydrogen-bond donors (Lipinski definition) is 1. The van der Waals surface area contributed by atoms with Crippen LogP contribution in [0.4, 0.5) is 0 Å². The van der Waals surface area contributed by atoms with Crippen LogP contribution in [0.25, 0.3) is 67.1 Å².